The van der Waals surface area contributed by atoms with Crippen molar-refractivity contribution in [3.05, 3.63) is 0 Å². The van der Waals surface area contributed by atoms with Crippen LogP contribution >= 0.6 is 0 Å². The lowest BCUT2D eigenvalue weighted by Crippen LogP contribution is -2.48. The quantitative estimate of drug-likeness (QED) is 0.794. The van der Waals surface area contributed by atoms with Gasteiger partial charge in [0, 0.05) is 38.3 Å². The second-order valence-electron chi connectivity index (χ2n) is 6.41. The smallest absolute Gasteiger partial charge is 0.475 e. The summed E-state index contributed by atoms with van der Waals surface area (Å²) < 4.78 is 43.1. The molecule has 3 saturated heterocycles. The maximum atomic E-state index is 10.6. The lowest BCUT2D eigenvalue weighted by atomic mass is 9.91. The van der Waals surface area contributed by atoms with Gasteiger partial charge in [0.05, 0.1) is 12.2 Å². The van der Waals surface area contributed by atoms with Gasteiger partial charge in [-0.15, -0.1) is 0 Å². The molecule has 0 spiro atoms. The molecule has 5 nitrogen and oxygen atoms in total. The fourth-order valence-electron chi connectivity index (χ4n) is 3.61. The first kappa shape index (κ1) is 18.5. The molecule has 0 saturated carbocycles. The molecule has 3 aliphatic rings. The van der Waals surface area contributed by atoms with Crippen LogP contribution in [0.3, 0.4) is 0 Å². The minimum Gasteiger partial charge on any atom is -0.475 e. The molecule has 0 radical (unpaired) electrons. The van der Waals surface area contributed by atoms with Crippen molar-refractivity contribution in [1.29, 1.82) is 0 Å². The zero-order valence-corrected chi connectivity index (χ0v) is 13.2. The molecular formula is C15H24F3NO4. The van der Waals surface area contributed by atoms with Crippen LogP contribution in [0.25, 0.3) is 0 Å². The van der Waals surface area contributed by atoms with Gasteiger partial charge in [0.1, 0.15) is 0 Å². The van der Waals surface area contributed by atoms with Crippen LogP contribution in [0, 0.1) is 5.92 Å². The van der Waals surface area contributed by atoms with E-state index in [1.807, 2.05) is 0 Å². The summed E-state index contributed by atoms with van der Waals surface area (Å²) in [4.78, 5) is 11.6. The van der Waals surface area contributed by atoms with E-state index in [9.17, 15) is 13.2 Å². The Morgan fingerprint density at radius 3 is 2.39 bits per heavy atom. The summed E-state index contributed by atoms with van der Waals surface area (Å²) >= 11 is 0. The summed E-state index contributed by atoms with van der Waals surface area (Å²) in [5, 5.41) is 7.12. The first-order valence-corrected chi connectivity index (χ1v) is 8.04. The number of ether oxygens (including phenoxy) is 2. The molecule has 134 valence electrons. The number of fused-ring (bicyclic) bond motifs is 1. The maximum absolute atomic E-state index is 10.6. The predicted octanol–water partition coefficient (Wildman–Crippen LogP) is 2.30. The van der Waals surface area contributed by atoms with Crippen LogP contribution in [0.5, 0.6) is 0 Å². The molecule has 3 fully saturated rings. The van der Waals surface area contributed by atoms with Crippen LogP contribution < -0.4 is 0 Å². The third kappa shape index (κ3) is 5.32. The standard InChI is InChI=1S/C13H23NO2.C2HF3O2/c1-10-8-11-9-14(5-2-13(11)16-10)12-3-6-15-7-4-12;3-2(4,5)1(6)7/h10-13H,2-9H2,1H3;(H,6,7)/t10-,11-,13-;/m0./s1. The van der Waals surface area contributed by atoms with Gasteiger partial charge in [0.25, 0.3) is 0 Å². The van der Waals surface area contributed by atoms with Gasteiger partial charge in [0.15, 0.2) is 0 Å². The second-order valence-corrected chi connectivity index (χ2v) is 6.41. The highest BCUT2D eigenvalue weighted by molar-refractivity contribution is 5.73. The number of hydrogen-bond acceptors (Lipinski definition) is 4. The minimum atomic E-state index is -5.08. The Hall–Kier alpha value is -0.860. The van der Waals surface area contributed by atoms with Gasteiger partial charge in [-0.1, -0.05) is 0 Å². The van der Waals surface area contributed by atoms with Crippen molar-refractivity contribution in [2.75, 3.05) is 26.3 Å². The van der Waals surface area contributed by atoms with Crippen LogP contribution in [0.1, 0.15) is 32.6 Å². The number of aliphatic carboxylic acids is 1. The van der Waals surface area contributed by atoms with Crippen LogP contribution in [0.2, 0.25) is 0 Å². The molecule has 3 heterocycles. The van der Waals surface area contributed by atoms with Gasteiger partial charge in [-0.05, 0) is 32.6 Å². The van der Waals surface area contributed by atoms with Crippen molar-refractivity contribution < 1.29 is 32.5 Å². The molecule has 3 aliphatic heterocycles. The lowest BCUT2D eigenvalue weighted by Gasteiger charge is -2.40. The average molecular weight is 339 g/mol. The van der Waals surface area contributed by atoms with Crippen molar-refractivity contribution in [1.82, 2.24) is 4.90 Å². The van der Waals surface area contributed by atoms with E-state index in [2.05, 4.69) is 11.8 Å². The molecule has 0 aromatic carbocycles. The van der Waals surface area contributed by atoms with E-state index in [0.717, 1.165) is 25.2 Å². The summed E-state index contributed by atoms with van der Waals surface area (Å²) in [5.74, 6) is -1.96. The van der Waals surface area contributed by atoms with Gasteiger partial charge in [-0.2, -0.15) is 13.2 Å². The van der Waals surface area contributed by atoms with Crippen LogP contribution in [-0.4, -0.2) is 66.7 Å². The number of piperidine rings is 1. The molecular weight excluding hydrogens is 315 g/mol. The van der Waals surface area contributed by atoms with Crippen molar-refractivity contribution in [3.63, 3.8) is 0 Å². The van der Waals surface area contributed by atoms with E-state index in [-0.39, 0.29) is 0 Å². The molecule has 0 aliphatic carbocycles. The number of hydrogen-bond donors (Lipinski definition) is 1. The Balaban J connectivity index is 0.000000236. The summed E-state index contributed by atoms with van der Waals surface area (Å²) in [6, 6.07) is 0.783. The molecule has 23 heavy (non-hydrogen) atoms. The molecule has 3 atom stereocenters. The molecule has 0 bridgehead atoms. The zero-order chi connectivity index (χ0) is 17.0. The number of rotatable bonds is 1. The SMILES string of the molecule is C[C@H]1C[C@H]2CN(C3CCOCC3)CC[C@@H]2O1.O=C(O)C(F)(F)F. The predicted molar refractivity (Wildman–Crippen MR) is 76.2 cm³/mol. The first-order chi connectivity index (χ1) is 10.8. The minimum absolute atomic E-state index is 0.490. The normalized spacial score (nSPS) is 32.8. The largest absolute Gasteiger partial charge is 0.490 e. The van der Waals surface area contributed by atoms with E-state index in [1.165, 1.54) is 38.8 Å². The number of alkyl halides is 3. The number of carboxylic acid groups (broad SMARTS) is 1. The molecule has 0 amide bonds. The van der Waals surface area contributed by atoms with Crippen molar-refractivity contribution in [2.24, 2.45) is 5.92 Å². The zero-order valence-electron chi connectivity index (χ0n) is 13.2. The summed E-state index contributed by atoms with van der Waals surface area (Å²) in [5.41, 5.74) is 0. The van der Waals surface area contributed by atoms with Crippen LogP contribution in [-0.2, 0) is 14.3 Å². The Morgan fingerprint density at radius 2 is 1.83 bits per heavy atom. The molecule has 0 aromatic rings. The highest BCUT2D eigenvalue weighted by Crippen LogP contribution is 2.34. The van der Waals surface area contributed by atoms with E-state index < -0.39 is 12.1 Å². The van der Waals surface area contributed by atoms with Gasteiger partial charge in [-0.25, -0.2) is 4.79 Å². The van der Waals surface area contributed by atoms with Gasteiger partial charge in [0.2, 0.25) is 0 Å². The lowest BCUT2D eigenvalue weighted by molar-refractivity contribution is -0.192. The number of likely N-dealkylation sites (tertiary alicyclic amines) is 1. The highest BCUT2D eigenvalue weighted by Gasteiger charge is 2.39. The number of nitrogens with zero attached hydrogens (tertiary/aromatic N) is 1. The third-order valence-electron chi connectivity index (χ3n) is 4.69. The maximum Gasteiger partial charge on any atom is 0.490 e. The van der Waals surface area contributed by atoms with E-state index >= 15 is 0 Å². The molecule has 0 aromatic heterocycles. The van der Waals surface area contributed by atoms with Crippen molar-refractivity contribution in [2.45, 2.75) is 57.0 Å². The van der Waals surface area contributed by atoms with Crippen LogP contribution in [0.4, 0.5) is 13.2 Å². The van der Waals surface area contributed by atoms with Crippen molar-refractivity contribution in [3.8, 4) is 0 Å². The number of carboxylic acids is 1. The monoisotopic (exact) mass is 339 g/mol. The summed E-state index contributed by atoms with van der Waals surface area (Å²) in [6.07, 6.45) is 0.939. The third-order valence-corrected chi connectivity index (χ3v) is 4.69. The molecule has 8 heteroatoms. The Morgan fingerprint density at radius 1 is 1.22 bits per heavy atom. The van der Waals surface area contributed by atoms with E-state index in [0.29, 0.717) is 12.2 Å². The molecule has 0 unspecified atom stereocenters. The average Bonchev–Trinajstić information content (AvgIpc) is 2.87. The number of halogens is 3. The summed E-state index contributed by atoms with van der Waals surface area (Å²) in [6.45, 7) is 6.64. The second kappa shape index (κ2) is 7.81. The fraction of sp³-hybridized carbons (Fsp3) is 0.933. The van der Waals surface area contributed by atoms with Gasteiger partial charge in [-0.3, -0.25) is 4.90 Å². The Kier molecular flexibility index (Phi) is 6.27. The molecule has 3 rings (SSSR count). The number of carbonyl (C=O) groups is 1. The highest BCUT2D eigenvalue weighted by atomic mass is 19.4. The van der Waals surface area contributed by atoms with Crippen LogP contribution in [0.15, 0.2) is 0 Å². The Labute approximate surface area is 133 Å². The Bertz CT molecular complexity index is 399. The van der Waals surface area contributed by atoms with E-state index in [1.54, 1.807) is 0 Å². The topological polar surface area (TPSA) is 59.0 Å². The van der Waals surface area contributed by atoms with E-state index in [4.69, 9.17) is 19.4 Å². The van der Waals surface area contributed by atoms with Crippen molar-refractivity contribution >= 4 is 5.97 Å². The summed E-state index contributed by atoms with van der Waals surface area (Å²) in [7, 11) is 0. The molecule has 1 N–H and O–H groups in total. The van der Waals surface area contributed by atoms with Gasteiger partial charge >= 0.3 is 12.1 Å². The van der Waals surface area contributed by atoms with Gasteiger partial charge < -0.3 is 14.6 Å². The fourth-order valence-corrected chi connectivity index (χ4v) is 3.61. The first-order valence-electron chi connectivity index (χ1n) is 8.04.